The zero-order valence-corrected chi connectivity index (χ0v) is 11.7. The van der Waals surface area contributed by atoms with Gasteiger partial charge in [-0.1, -0.05) is 37.3 Å². The Hall–Kier alpha value is -1.10. The first-order valence-electron chi connectivity index (χ1n) is 6.21. The van der Waals surface area contributed by atoms with Crippen molar-refractivity contribution in [1.29, 1.82) is 0 Å². The van der Waals surface area contributed by atoms with Crippen LogP contribution in [0.25, 0.3) is 0 Å². The first kappa shape index (κ1) is 16.0. The summed E-state index contributed by atoms with van der Waals surface area (Å²) in [6.45, 7) is 1.86. The number of benzene rings is 1. The number of aliphatic carboxylic acids is 1. The van der Waals surface area contributed by atoms with E-state index in [4.69, 9.17) is 0 Å². The molecule has 2 atom stereocenters. The van der Waals surface area contributed by atoms with E-state index in [0.717, 1.165) is 18.4 Å². The van der Waals surface area contributed by atoms with Crippen LogP contribution in [0.1, 0.15) is 31.4 Å². The highest BCUT2D eigenvalue weighted by Gasteiger charge is 2.49. The molecular formula is C14H20ClNO3. The van der Waals surface area contributed by atoms with Gasteiger partial charge in [-0.25, -0.2) is 0 Å². The van der Waals surface area contributed by atoms with E-state index in [2.05, 4.69) is 5.32 Å². The van der Waals surface area contributed by atoms with E-state index in [1.54, 1.807) is 0 Å². The summed E-state index contributed by atoms with van der Waals surface area (Å²) in [5.74, 6) is -0.843. The van der Waals surface area contributed by atoms with Crippen molar-refractivity contribution in [2.45, 2.75) is 31.8 Å². The SMILES string of the molecule is CC1([C@H](N[C@@H](CO)c2ccccc2)C(=O)O)CC1.Cl. The van der Waals surface area contributed by atoms with Crippen LogP contribution in [0.4, 0.5) is 0 Å². The number of nitrogens with one attached hydrogen (secondary N) is 1. The van der Waals surface area contributed by atoms with E-state index in [-0.39, 0.29) is 30.5 Å². The van der Waals surface area contributed by atoms with Gasteiger partial charge in [0.15, 0.2) is 0 Å². The highest BCUT2D eigenvalue weighted by Crippen LogP contribution is 2.48. The minimum atomic E-state index is -0.843. The van der Waals surface area contributed by atoms with Crippen molar-refractivity contribution in [2.24, 2.45) is 5.41 Å². The van der Waals surface area contributed by atoms with Crippen LogP contribution in [0.3, 0.4) is 0 Å². The van der Waals surface area contributed by atoms with E-state index >= 15 is 0 Å². The van der Waals surface area contributed by atoms with Gasteiger partial charge in [0.2, 0.25) is 0 Å². The molecule has 0 bridgehead atoms. The zero-order valence-electron chi connectivity index (χ0n) is 10.9. The fraction of sp³-hybridized carbons (Fsp3) is 0.500. The molecule has 0 spiro atoms. The van der Waals surface area contributed by atoms with Gasteiger partial charge in [-0.3, -0.25) is 10.1 Å². The molecule has 0 unspecified atom stereocenters. The first-order chi connectivity index (χ1) is 8.57. The van der Waals surface area contributed by atoms with Crippen molar-refractivity contribution < 1.29 is 15.0 Å². The molecule has 3 N–H and O–H groups in total. The summed E-state index contributed by atoms with van der Waals surface area (Å²) in [6.07, 6.45) is 1.84. The van der Waals surface area contributed by atoms with Crippen LogP contribution < -0.4 is 5.32 Å². The van der Waals surface area contributed by atoms with Crippen LogP contribution in [0.2, 0.25) is 0 Å². The van der Waals surface area contributed by atoms with E-state index in [1.807, 2.05) is 37.3 Å². The second-order valence-electron chi connectivity index (χ2n) is 5.24. The number of rotatable bonds is 6. The second-order valence-corrected chi connectivity index (χ2v) is 5.24. The average molecular weight is 286 g/mol. The number of carboxylic acids is 1. The van der Waals surface area contributed by atoms with E-state index in [1.165, 1.54) is 0 Å². The summed E-state index contributed by atoms with van der Waals surface area (Å²) in [7, 11) is 0. The molecule has 1 aliphatic carbocycles. The largest absolute Gasteiger partial charge is 0.480 e. The quantitative estimate of drug-likeness (QED) is 0.748. The van der Waals surface area contributed by atoms with Gasteiger partial charge < -0.3 is 10.2 Å². The number of hydrogen-bond donors (Lipinski definition) is 3. The van der Waals surface area contributed by atoms with Gasteiger partial charge in [-0.05, 0) is 23.8 Å². The molecule has 5 heteroatoms. The van der Waals surface area contributed by atoms with Crippen LogP contribution in [-0.4, -0.2) is 28.8 Å². The van der Waals surface area contributed by atoms with E-state index in [0.29, 0.717) is 0 Å². The van der Waals surface area contributed by atoms with E-state index in [9.17, 15) is 15.0 Å². The third-order valence-corrected chi connectivity index (χ3v) is 3.73. The molecule has 0 heterocycles. The maximum atomic E-state index is 11.3. The summed E-state index contributed by atoms with van der Waals surface area (Å²) < 4.78 is 0. The molecule has 0 amide bonds. The minimum absolute atomic E-state index is 0. The van der Waals surface area contributed by atoms with Gasteiger partial charge in [0.25, 0.3) is 0 Å². The van der Waals surface area contributed by atoms with Gasteiger partial charge in [-0.15, -0.1) is 12.4 Å². The summed E-state index contributed by atoms with van der Waals surface area (Å²) in [4.78, 5) is 11.3. The third kappa shape index (κ3) is 3.69. The topological polar surface area (TPSA) is 69.6 Å². The first-order valence-corrected chi connectivity index (χ1v) is 6.21. The van der Waals surface area contributed by atoms with Crippen LogP contribution >= 0.6 is 12.4 Å². The molecule has 1 aromatic rings. The molecule has 0 saturated heterocycles. The number of aliphatic hydroxyl groups excluding tert-OH is 1. The predicted molar refractivity (Wildman–Crippen MR) is 75.4 cm³/mol. The monoisotopic (exact) mass is 285 g/mol. The highest BCUT2D eigenvalue weighted by atomic mass is 35.5. The van der Waals surface area contributed by atoms with Gasteiger partial charge in [0.1, 0.15) is 6.04 Å². The Kier molecular flexibility index (Phi) is 5.35. The highest BCUT2D eigenvalue weighted by molar-refractivity contribution is 5.85. The van der Waals surface area contributed by atoms with Crippen LogP contribution in [-0.2, 0) is 4.79 Å². The Morgan fingerprint density at radius 3 is 2.37 bits per heavy atom. The Balaban J connectivity index is 0.00000180. The lowest BCUT2D eigenvalue weighted by Crippen LogP contribution is -2.45. The Labute approximate surface area is 119 Å². The predicted octanol–water partition coefficient (Wildman–Crippen LogP) is 1.98. The molecule has 2 rings (SSSR count). The number of carbonyl (C=O) groups is 1. The lowest BCUT2D eigenvalue weighted by Gasteiger charge is -2.26. The van der Waals surface area contributed by atoms with Crippen LogP contribution in [0, 0.1) is 5.41 Å². The van der Waals surface area contributed by atoms with Crippen LogP contribution in [0.15, 0.2) is 30.3 Å². The van der Waals surface area contributed by atoms with Crippen molar-refractivity contribution >= 4 is 18.4 Å². The van der Waals surface area contributed by atoms with Gasteiger partial charge in [0, 0.05) is 0 Å². The fourth-order valence-electron chi connectivity index (χ4n) is 2.20. The van der Waals surface area contributed by atoms with E-state index < -0.39 is 12.0 Å². The third-order valence-electron chi connectivity index (χ3n) is 3.73. The number of aliphatic hydroxyl groups is 1. The normalized spacial score (nSPS) is 19.1. The van der Waals surface area contributed by atoms with Gasteiger partial charge in [0.05, 0.1) is 12.6 Å². The van der Waals surface area contributed by atoms with Crippen molar-refractivity contribution in [3.05, 3.63) is 35.9 Å². The zero-order chi connectivity index (χ0) is 13.2. The van der Waals surface area contributed by atoms with Crippen molar-refractivity contribution in [3.63, 3.8) is 0 Å². The summed E-state index contributed by atoms with van der Waals surface area (Å²) in [6, 6.07) is 8.51. The minimum Gasteiger partial charge on any atom is -0.480 e. The van der Waals surface area contributed by atoms with Crippen LogP contribution in [0.5, 0.6) is 0 Å². The number of hydrogen-bond acceptors (Lipinski definition) is 3. The smallest absolute Gasteiger partial charge is 0.321 e. The standard InChI is InChI=1S/C14H19NO3.ClH/c1-14(7-8-14)12(13(17)18)15-11(9-16)10-5-3-2-4-6-10;/h2-6,11-12,15-16H,7-9H2,1H3,(H,17,18);1H/t11-,12+;/m0./s1. The molecule has 19 heavy (non-hydrogen) atoms. The Bertz CT molecular complexity index is 420. The molecule has 1 aromatic carbocycles. The van der Waals surface area contributed by atoms with Crippen molar-refractivity contribution in [2.75, 3.05) is 6.61 Å². The number of halogens is 1. The lowest BCUT2D eigenvalue weighted by atomic mass is 9.96. The number of carboxylic acid groups (broad SMARTS) is 1. The van der Waals surface area contributed by atoms with Gasteiger partial charge in [-0.2, -0.15) is 0 Å². The fourth-order valence-corrected chi connectivity index (χ4v) is 2.20. The summed E-state index contributed by atoms with van der Waals surface area (Å²) in [5.41, 5.74) is 0.740. The molecule has 1 fully saturated rings. The van der Waals surface area contributed by atoms with Crippen molar-refractivity contribution in [3.8, 4) is 0 Å². The average Bonchev–Trinajstić information content (AvgIpc) is 3.10. The molecule has 1 aliphatic rings. The molecule has 0 aliphatic heterocycles. The molecule has 0 aromatic heterocycles. The Morgan fingerprint density at radius 2 is 1.95 bits per heavy atom. The lowest BCUT2D eigenvalue weighted by molar-refractivity contribution is -0.141. The Morgan fingerprint density at radius 1 is 1.37 bits per heavy atom. The maximum absolute atomic E-state index is 11.3. The maximum Gasteiger partial charge on any atom is 0.321 e. The van der Waals surface area contributed by atoms with Crippen molar-refractivity contribution in [1.82, 2.24) is 5.32 Å². The summed E-state index contributed by atoms with van der Waals surface area (Å²) in [5, 5.41) is 21.8. The molecular weight excluding hydrogens is 266 g/mol. The second kappa shape index (κ2) is 6.37. The molecule has 1 saturated carbocycles. The molecule has 4 nitrogen and oxygen atoms in total. The van der Waals surface area contributed by atoms with Gasteiger partial charge >= 0.3 is 5.97 Å². The molecule has 0 radical (unpaired) electrons. The molecule has 106 valence electrons. The summed E-state index contributed by atoms with van der Waals surface area (Å²) >= 11 is 0.